The van der Waals surface area contributed by atoms with Gasteiger partial charge in [-0.1, -0.05) is 49.6 Å². The van der Waals surface area contributed by atoms with Crippen LogP contribution < -0.4 is 5.32 Å². The molecule has 0 radical (unpaired) electrons. The fraction of sp³-hybridized carbons (Fsp3) is 0.667. The Hall–Kier alpha value is -1.59. The number of hydrogen-bond acceptors (Lipinski definition) is 4. The maximum Gasteiger partial charge on any atom is 0.407 e. The maximum absolute atomic E-state index is 12.2. The topological polar surface area (TPSA) is 67.8 Å². The average molecular weight is 363 g/mol. The first-order chi connectivity index (χ1) is 12.3. The number of amides is 1. The van der Waals surface area contributed by atoms with Crippen molar-refractivity contribution in [2.45, 2.75) is 77.2 Å². The van der Waals surface area contributed by atoms with Crippen LogP contribution in [0.4, 0.5) is 4.79 Å². The second-order valence-corrected chi connectivity index (χ2v) is 8.14. The lowest BCUT2D eigenvalue weighted by Crippen LogP contribution is -2.51. The molecule has 1 aromatic rings. The third-order valence-electron chi connectivity index (χ3n) is 4.66. The molecule has 2 atom stereocenters. The number of hydrogen-bond donors (Lipinski definition) is 2. The number of alkyl carbamates (subject to hydrolysis) is 1. The molecule has 2 N–H and O–H groups in total. The van der Waals surface area contributed by atoms with E-state index >= 15 is 0 Å². The zero-order chi connectivity index (χ0) is 19.0. The maximum atomic E-state index is 12.2. The summed E-state index contributed by atoms with van der Waals surface area (Å²) < 4.78 is 11.1. The summed E-state index contributed by atoms with van der Waals surface area (Å²) in [6.45, 7) is 6.14. The Balaban J connectivity index is 1.91. The first kappa shape index (κ1) is 20.7. The number of ether oxygens (including phenoxy) is 2. The highest BCUT2D eigenvalue weighted by atomic mass is 16.6. The second-order valence-electron chi connectivity index (χ2n) is 8.14. The van der Waals surface area contributed by atoms with E-state index in [2.05, 4.69) is 5.32 Å². The number of carbonyl (C=O) groups is 1. The Morgan fingerprint density at radius 2 is 1.85 bits per heavy atom. The monoisotopic (exact) mass is 363 g/mol. The summed E-state index contributed by atoms with van der Waals surface area (Å²) in [4.78, 5) is 12.2. The van der Waals surface area contributed by atoms with Gasteiger partial charge in [0.2, 0.25) is 0 Å². The van der Waals surface area contributed by atoms with Crippen molar-refractivity contribution in [1.29, 1.82) is 0 Å². The van der Waals surface area contributed by atoms with Crippen LogP contribution in [0.25, 0.3) is 0 Å². The van der Waals surface area contributed by atoms with E-state index in [9.17, 15) is 9.90 Å². The van der Waals surface area contributed by atoms with Crippen molar-refractivity contribution in [1.82, 2.24) is 5.32 Å². The van der Waals surface area contributed by atoms with Crippen LogP contribution in [0.15, 0.2) is 30.3 Å². The van der Waals surface area contributed by atoms with Gasteiger partial charge in [0.05, 0.1) is 25.4 Å². The molecule has 1 aromatic carbocycles. The lowest BCUT2D eigenvalue weighted by Gasteiger charge is -2.34. The first-order valence-electron chi connectivity index (χ1n) is 9.64. The Kier molecular flexibility index (Phi) is 7.91. The van der Waals surface area contributed by atoms with Crippen LogP contribution >= 0.6 is 0 Å². The zero-order valence-electron chi connectivity index (χ0n) is 16.2. The number of nitrogens with one attached hydrogen (secondary N) is 1. The van der Waals surface area contributed by atoms with Gasteiger partial charge in [-0.15, -0.1) is 0 Å². The summed E-state index contributed by atoms with van der Waals surface area (Å²) >= 11 is 0. The minimum Gasteiger partial charge on any atom is -0.444 e. The van der Waals surface area contributed by atoms with Gasteiger partial charge in [0.1, 0.15) is 5.60 Å². The molecular weight excluding hydrogens is 330 g/mol. The lowest BCUT2D eigenvalue weighted by molar-refractivity contribution is -0.0125. The van der Waals surface area contributed by atoms with E-state index in [-0.39, 0.29) is 18.6 Å². The van der Waals surface area contributed by atoms with Crippen molar-refractivity contribution in [3.05, 3.63) is 35.9 Å². The third kappa shape index (κ3) is 7.34. The molecule has 1 aliphatic rings. The van der Waals surface area contributed by atoms with Crippen LogP contribution in [0.5, 0.6) is 0 Å². The summed E-state index contributed by atoms with van der Waals surface area (Å²) in [7, 11) is 0. The minimum absolute atomic E-state index is 0.186. The number of benzene rings is 1. The fourth-order valence-corrected chi connectivity index (χ4v) is 3.44. The largest absolute Gasteiger partial charge is 0.444 e. The van der Waals surface area contributed by atoms with Crippen molar-refractivity contribution in [2.24, 2.45) is 5.92 Å². The Bertz CT molecular complexity index is 535. The van der Waals surface area contributed by atoms with Crippen LogP contribution in [0.2, 0.25) is 0 Å². The number of aliphatic hydroxyl groups excluding tert-OH is 1. The van der Waals surface area contributed by atoms with E-state index in [0.717, 1.165) is 31.2 Å². The van der Waals surface area contributed by atoms with Crippen LogP contribution in [-0.2, 0) is 16.1 Å². The molecule has 1 fully saturated rings. The number of aliphatic hydroxyl groups is 1. The van der Waals surface area contributed by atoms with Gasteiger partial charge in [-0.3, -0.25) is 0 Å². The SMILES string of the molecule is CC(C)(C)OC(=O)NC(C(O)COCc1ccccc1)C1CCCCC1. The molecule has 2 unspecified atom stereocenters. The quantitative estimate of drug-likeness (QED) is 0.767. The molecule has 0 bridgehead atoms. The molecule has 0 saturated heterocycles. The van der Waals surface area contributed by atoms with Crippen LogP contribution in [0.3, 0.4) is 0 Å². The van der Waals surface area contributed by atoms with Gasteiger partial charge in [-0.05, 0) is 45.1 Å². The Morgan fingerprint density at radius 1 is 1.19 bits per heavy atom. The molecule has 1 aliphatic carbocycles. The van der Waals surface area contributed by atoms with Crippen molar-refractivity contribution in [2.75, 3.05) is 6.61 Å². The van der Waals surface area contributed by atoms with Crippen molar-refractivity contribution < 1.29 is 19.4 Å². The van der Waals surface area contributed by atoms with E-state index in [1.165, 1.54) is 6.42 Å². The highest BCUT2D eigenvalue weighted by molar-refractivity contribution is 5.68. The predicted octanol–water partition coefficient (Wildman–Crippen LogP) is 4.04. The second kappa shape index (κ2) is 9.93. The van der Waals surface area contributed by atoms with Gasteiger partial charge in [0.25, 0.3) is 0 Å². The van der Waals surface area contributed by atoms with Crippen molar-refractivity contribution in [3.8, 4) is 0 Å². The molecule has 0 heterocycles. The normalized spacial score (nSPS) is 18.2. The molecular formula is C21H33NO4. The average Bonchev–Trinajstić information content (AvgIpc) is 2.60. The van der Waals surface area contributed by atoms with Gasteiger partial charge in [-0.25, -0.2) is 4.79 Å². The van der Waals surface area contributed by atoms with E-state index in [1.54, 1.807) is 0 Å². The van der Waals surface area contributed by atoms with Gasteiger partial charge in [-0.2, -0.15) is 0 Å². The molecule has 5 heteroatoms. The summed E-state index contributed by atoms with van der Waals surface area (Å²) in [5, 5.41) is 13.6. The number of rotatable bonds is 7. The summed E-state index contributed by atoms with van der Waals surface area (Å²) in [5.41, 5.74) is 0.504. The fourth-order valence-electron chi connectivity index (χ4n) is 3.44. The van der Waals surface area contributed by atoms with Gasteiger partial charge < -0.3 is 19.9 Å². The Morgan fingerprint density at radius 3 is 2.46 bits per heavy atom. The molecule has 146 valence electrons. The third-order valence-corrected chi connectivity index (χ3v) is 4.66. The highest BCUT2D eigenvalue weighted by Gasteiger charge is 2.32. The summed E-state index contributed by atoms with van der Waals surface area (Å²) in [6.07, 6.45) is 4.27. The van der Waals surface area contributed by atoms with Crippen LogP contribution in [0, 0.1) is 5.92 Å². The molecule has 5 nitrogen and oxygen atoms in total. The molecule has 26 heavy (non-hydrogen) atoms. The first-order valence-corrected chi connectivity index (χ1v) is 9.64. The summed E-state index contributed by atoms with van der Waals surface area (Å²) in [6, 6.07) is 9.52. The van der Waals surface area contributed by atoms with E-state index in [1.807, 2.05) is 51.1 Å². The molecule has 1 amide bonds. The molecule has 0 aliphatic heterocycles. The standard InChI is InChI=1S/C21H33NO4/c1-21(2,3)26-20(24)22-19(17-12-8-5-9-13-17)18(23)15-25-14-16-10-6-4-7-11-16/h4,6-7,10-11,17-19,23H,5,8-9,12-15H2,1-3H3,(H,22,24). The van der Waals surface area contributed by atoms with Crippen molar-refractivity contribution >= 4 is 6.09 Å². The smallest absolute Gasteiger partial charge is 0.407 e. The van der Waals surface area contributed by atoms with E-state index in [4.69, 9.17) is 9.47 Å². The van der Waals surface area contributed by atoms with E-state index < -0.39 is 17.8 Å². The van der Waals surface area contributed by atoms with Gasteiger partial charge in [0.15, 0.2) is 0 Å². The molecule has 0 aromatic heterocycles. The minimum atomic E-state index is -0.755. The van der Waals surface area contributed by atoms with Crippen LogP contribution in [0.1, 0.15) is 58.4 Å². The Labute approximate surface area is 157 Å². The zero-order valence-corrected chi connectivity index (χ0v) is 16.2. The summed E-state index contributed by atoms with van der Waals surface area (Å²) in [5.74, 6) is 0.256. The lowest BCUT2D eigenvalue weighted by atomic mass is 9.82. The van der Waals surface area contributed by atoms with Gasteiger partial charge in [0, 0.05) is 0 Å². The van der Waals surface area contributed by atoms with E-state index in [0.29, 0.717) is 6.61 Å². The van der Waals surface area contributed by atoms with Crippen LogP contribution in [-0.4, -0.2) is 35.6 Å². The predicted molar refractivity (Wildman–Crippen MR) is 102 cm³/mol. The highest BCUT2D eigenvalue weighted by Crippen LogP contribution is 2.28. The van der Waals surface area contributed by atoms with Gasteiger partial charge >= 0.3 is 6.09 Å². The number of carbonyl (C=O) groups excluding carboxylic acids is 1. The van der Waals surface area contributed by atoms with Crippen molar-refractivity contribution in [3.63, 3.8) is 0 Å². The molecule has 1 saturated carbocycles. The molecule has 0 spiro atoms. The molecule has 2 rings (SSSR count).